The SMILES string of the molecule is CC[SiH](C)c1ccc(OCC2CC2)c(-c2cn(C)c(=O)c3ccccc23)c1. The molecule has 1 aliphatic rings. The number of benzene rings is 2. The van der Waals surface area contributed by atoms with E-state index >= 15 is 0 Å². The maximum atomic E-state index is 12.6. The lowest BCUT2D eigenvalue weighted by atomic mass is 10.00. The fourth-order valence-corrected chi connectivity index (χ4v) is 4.90. The average molecular weight is 378 g/mol. The molecule has 0 amide bonds. The number of pyridine rings is 1. The zero-order chi connectivity index (χ0) is 19.0. The molecule has 1 saturated carbocycles. The summed E-state index contributed by atoms with van der Waals surface area (Å²) in [5.74, 6) is 1.64. The molecule has 0 N–H and O–H groups in total. The number of ether oxygens (including phenoxy) is 1. The van der Waals surface area contributed by atoms with Gasteiger partial charge in [0, 0.05) is 29.8 Å². The van der Waals surface area contributed by atoms with Crippen LogP contribution in [0.5, 0.6) is 5.75 Å². The van der Waals surface area contributed by atoms with Gasteiger partial charge in [-0.2, -0.15) is 0 Å². The van der Waals surface area contributed by atoms with Gasteiger partial charge < -0.3 is 9.30 Å². The van der Waals surface area contributed by atoms with Gasteiger partial charge in [0.25, 0.3) is 5.56 Å². The Morgan fingerprint density at radius 1 is 1.11 bits per heavy atom. The fraction of sp³-hybridized carbons (Fsp3) is 0.348. The number of fused-ring (bicyclic) bond motifs is 1. The van der Waals surface area contributed by atoms with Crippen molar-refractivity contribution in [2.45, 2.75) is 32.4 Å². The van der Waals surface area contributed by atoms with Crippen molar-refractivity contribution in [1.82, 2.24) is 4.57 Å². The minimum Gasteiger partial charge on any atom is -0.493 e. The Labute approximate surface area is 162 Å². The normalized spacial score (nSPS) is 15.1. The third-order valence-electron chi connectivity index (χ3n) is 5.74. The molecule has 0 bridgehead atoms. The van der Waals surface area contributed by atoms with Gasteiger partial charge in [0.1, 0.15) is 5.75 Å². The summed E-state index contributed by atoms with van der Waals surface area (Å²) in [7, 11) is 0.882. The summed E-state index contributed by atoms with van der Waals surface area (Å²) in [4.78, 5) is 12.6. The second-order valence-electron chi connectivity index (χ2n) is 7.82. The molecular weight excluding hydrogens is 350 g/mol. The van der Waals surface area contributed by atoms with Gasteiger partial charge in [0.05, 0.1) is 15.4 Å². The third-order valence-corrected chi connectivity index (χ3v) is 8.46. The van der Waals surface area contributed by atoms with E-state index in [2.05, 4.69) is 31.7 Å². The summed E-state index contributed by atoms with van der Waals surface area (Å²) in [6.45, 7) is 5.45. The lowest BCUT2D eigenvalue weighted by Gasteiger charge is -2.17. The number of aryl methyl sites for hydroxylation is 1. The van der Waals surface area contributed by atoms with E-state index in [-0.39, 0.29) is 5.56 Å². The van der Waals surface area contributed by atoms with Crippen LogP contribution >= 0.6 is 0 Å². The van der Waals surface area contributed by atoms with Crippen molar-refractivity contribution >= 4 is 24.8 Å². The Hall–Kier alpha value is -2.33. The molecule has 1 fully saturated rings. The van der Waals surface area contributed by atoms with Crippen LogP contribution in [0, 0.1) is 5.92 Å². The fourth-order valence-electron chi connectivity index (χ4n) is 3.55. The van der Waals surface area contributed by atoms with Crippen LogP contribution in [0.4, 0.5) is 0 Å². The first-order valence-corrected chi connectivity index (χ1v) is 12.5. The highest BCUT2D eigenvalue weighted by molar-refractivity contribution is 6.72. The molecule has 0 aliphatic heterocycles. The minimum absolute atomic E-state index is 0.0438. The van der Waals surface area contributed by atoms with Gasteiger partial charge >= 0.3 is 0 Å². The maximum absolute atomic E-state index is 12.6. The van der Waals surface area contributed by atoms with Gasteiger partial charge in [-0.1, -0.05) is 55.0 Å². The van der Waals surface area contributed by atoms with Crippen molar-refractivity contribution in [1.29, 1.82) is 0 Å². The number of hydrogen-bond donors (Lipinski definition) is 0. The molecule has 1 atom stereocenters. The van der Waals surface area contributed by atoms with Crippen molar-refractivity contribution in [2.24, 2.45) is 13.0 Å². The van der Waals surface area contributed by atoms with Gasteiger partial charge in [-0.25, -0.2) is 0 Å². The predicted octanol–water partition coefficient (Wildman–Crippen LogP) is 4.08. The van der Waals surface area contributed by atoms with E-state index in [0.29, 0.717) is 5.92 Å². The number of rotatable bonds is 6. The Kier molecular flexibility index (Phi) is 4.92. The molecule has 0 radical (unpaired) electrons. The van der Waals surface area contributed by atoms with E-state index in [0.717, 1.165) is 34.3 Å². The van der Waals surface area contributed by atoms with E-state index in [1.165, 1.54) is 24.1 Å². The van der Waals surface area contributed by atoms with E-state index in [9.17, 15) is 4.79 Å². The molecule has 1 aliphatic carbocycles. The van der Waals surface area contributed by atoms with Crippen LogP contribution in [0.15, 0.2) is 53.5 Å². The molecule has 140 valence electrons. The first kappa shape index (κ1) is 18.0. The smallest absolute Gasteiger partial charge is 0.258 e. The van der Waals surface area contributed by atoms with Crippen LogP contribution in [-0.2, 0) is 7.05 Å². The second kappa shape index (κ2) is 7.35. The Morgan fingerprint density at radius 2 is 1.85 bits per heavy atom. The van der Waals surface area contributed by atoms with Crippen molar-refractivity contribution in [2.75, 3.05) is 6.61 Å². The molecule has 4 heteroatoms. The predicted molar refractivity (Wildman–Crippen MR) is 116 cm³/mol. The van der Waals surface area contributed by atoms with Crippen LogP contribution in [0.1, 0.15) is 19.8 Å². The van der Waals surface area contributed by atoms with Crippen LogP contribution in [-0.4, -0.2) is 20.0 Å². The molecule has 3 aromatic rings. The molecular formula is C23H27NO2Si. The minimum atomic E-state index is -0.948. The molecule has 0 spiro atoms. The van der Waals surface area contributed by atoms with E-state index in [1.54, 1.807) is 4.57 Å². The Balaban J connectivity index is 1.91. The molecule has 1 unspecified atom stereocenters. The number of nitrogens with zero attached hydrogens (tertiary/aromatic N) is 1. The topological polar surface area (TPSA) is 31.2 Å². The summed E-state index contributed by atoms with van der Waals surface area (Å²) in [6.07, 6.45) is 4.51. The van der Waals surface area contributed by atoms with Crippen molar-refractivity contribution in [3.05, 3.63) is 59.0 Å². The third kappa shape index (κ3) is 3.59. The van der Waals surface area contributed by atoms with E-state index in [1.807, 2.05) is 37.5 Å². The summed E-state index contributed by atoms with van der Waals surface area (Å²) >= 11 is 0. The second-order valence-corrected chi connectivity index (χ2v) is 11.1. The largest absolute Gasteiger partial charge is 0.493 e. The molecule has 2 aromatic carbocycles. The van der Waals surface area contributed by atoms with Crippen LogP contribution in [0.25, 0.3) is 21.9 Å². The summed E-state index contributed by atoms with van der Waals surface area (Å²) in [6, 6.07) is 15.8. The van der Waals surface area contributed by atoms with Crippen molar-refractivity contribution in [3.63, 3.8) is 0 Å². The zero-order valence-electron chi connectivity index (χ0n) is 16.4. The van der Waals surface area contributed by atoms with Crippen LogP contribution < -0.4 is 15.5 Å². The van der Waals surface area contributed by atoms with E-state index < -0.39 is 8.80 Å². The highest BCUT2D eigenvalue weighted by atomic mass is 28.3. The van der Waals surface area contributed by atoms with E-state index in [4.69, 9.17) is 4.74 Å². The van der Waals surface area contributed by atoms with Gasteiger partial charge in [-0.15, -0.1) is 0 Å². The molecule has 4 rings (SSSR count). The summed E-state index contributed by atoms with van der Waals surface area (Å²) in [5.41, 5.74) is 2.24. The lowest BCUT2D eigenvalue weighted by Crippen LogP contribution is -2.25. The molecule has 27 heavy (non-hydrogen) atoms. The Morgan fingerprint density at radius 3 is 2.56 bits per heavy atom. The number of hydrogen-bond acceptors (Lipinski definition) is 2. The number of aromatic nitrogens is 1. The van der Waals surface area contributed by atoms with Gasteiger partial charge in [-0.05, 0) is 36.3 Å². The van der Waals surface area contributed by atoms with Gasteiger partial charge in [0.15, 0.2) is 0 Å². The highest BCUT2D eigenvalue weighted by Crippen LogP contribution is 2.36. The zero-order valence-corrected chi connectivity index (χ0v) is 17.5. The maximum Gasteiger partial charge on any atom is 0.258 e. The standard InChI is InChI=1S/C23H27NO2Si/c1-4-27(3)17-11-12-22(26-15-16-9-10-16)20(13-17)21-14-24(2)23(25)19-8-6-5-7-18(19)21/h5-8,11-14,16,27H,4,9-10,15H2,1-3H3. The lowest BCUT2D eigenvalue weighted by molar-refractivity contribution is 0.301. The van der Waals surface area contributed by atoms with Crippen molar-refractivity contribution in [3.8, 4) is 16.9 Å². The van der Waals surface area contributed by atoms with Crippen LogP contribution in [0.2, 0.25) is 12.6 Å². The summed E-state index contributed by atoms with van der Waals surface area (Å²) in [5, 5.41) is 3.21. The quantitative estimate of drug-likeness (QED) is 0.606. The first-order chi connectivity index (χ1) is 13.1. The Bertz CT molecular complexity index is 1040. The van der Waals surface area contributed by atoms with Gasteiger partial charge in [-0.3, -0.25) is 4.79 Å². The molecule has 3 nitrogen and oxygen atoms in total. The highest BCUT2D eigenvalue weighted by Gasteiger charge is 2.23. The van der Waals surface area contributed by atoms with Crippen LogP contribution in [0.3, 0.4) is 0 Å². The molecule has 0 saturated heterocycles. The first-order valence-electron chi connectivity index (χ1n) is 9.94. The average Bonchev–Trinajstić information content (AvgIpc) is 3.53. The molecule has 1 heterocycles. The summed E-state index contributed by atoms with van der Waals surface area (Å²) < 4.78 is 7.92. The molecule has 1 aromatic heterocycles. The monoisotopic (exact) mass is 377 g/mol. The van der Waals surface area contributed by atoms with Gasteiger partial charge in [0.2, 0.25) is 0 Å². The van der Waals surface area contributed by atoms with Crippen molar-refractivity contribution < 1.29 is 4.74 Å².